The van der Waals surface area contributed by atoms with E-state index in [1.165, 1.54) is 89.9 Å². The molecule has 0 unspecified atom stereocenters. The van der Waals surface area contributed by atoms with Crippen molar-refractivity contribution >= 4 is 23.8 Å². The van der Waals surface area contributed by atoms with E-state index in [2.05, 4.69) is 17.1 Å². The van der Waals surface area contributed by atoms with Crippen molar-refractivity contribution in [2.75, 3.05) is 39.4 Å². The molecule has 0 aliphatic carbocycles. The Balaban J connectivity index is 0.00000108. The first-order valence-corrected chi connectivity index (χ1v) is 16.1. The fraction of sp³-hybridized carbons (Fsp3) is 0.871. The van der Waals surface area contributed by atoms with Crippen molar-refractivity contribution < 1.29 is 44.3 Å². The zero-order valence-corrected chi connectivity index (χ0v) is 26.0. The molecule has 0 saturated carbocycles. The second-order valence-electron chi connectivity index (χ2n) is 11.3. The lowest BCUT2D eigenvalue weighted by molar-refractivity contribution is -0.170. The Kier molecular flexibility index (Phi) is 25.0. The quantitative estimate of drug-likeness (QED) is 0.0910. The van der Waals surface area contributed by atoms with E-state index < -0.39 is 36.4 Å². The Labute approximate surface area is 252 Å². The van der Waals surface area contributed by atoms with E-state index >= 15 is 0 Å². The number of carbonyl (C=O) groups is 4. The Bertz CT molecular complexity index is 711. The lowest BCUT2D eigenvalue weighted by Crippen LogP contribution is -2.42. The first kappa shape index (κ1) is 39.8. The van der Waals surface area contributed by atoms with E-state index in [1.807, 2.05) is 0 Å². The van der Waals surface area contributed by atoms with Gasteiger partial charge in [0.2, 0.25) is 5.91 Å². The molecule has 11 heteroatoms. The van der Waals surface area contributed by atoms with Crippen LogP contribution in [0.3, 0.4) is 0 Å². The summed E-state index contributed by atoms with van der Waals surface area (Å²) < 4.78 is 5.35. The van der Waals surface area contributed by atoms with Gasteiger partial charge in [-0.3, -0.25) is 19.3 Å². The van der Waals surface area contributed by atoms with Gasteiger partial charge < -0.3 is 30.5 Å². The second kappa shape index (κ2) is 26.4. The number of unbranched alkanes of at least 4 members (excludes halogenated alkanes) is 14. The number of hydrogen-bond acceptors (Lipinski definition) is 7. The number of hydrogen-bond donors (Lipinski definition) is 5. The van der Waals surface area contributed by atoms with Crippen LogP contribution < -0.4 is 5.32 Å². The maximum absolute atomic E-state index is 11.9. The van der Waals surface area contributed by atoms with Crippen molar-refractivity contribution in [3.63, 3.8) is 0 Å². The van der Waals surface area contributed by atoms with Crippen molar-refractivity contribution in [3.8, 4) is 0 Å². The average molecular weight is 603 g/mol. The van der Waals surface area contributed by atoms with Gasteiger partial charge in [0.25, 0.3) is 0 Å². The monoisotopic (exact) mass is 602 g/mol. The Morgan fingerprint density at radius 2 is 1.12 bits per heavy atom. The summed E-state index contributed by atoms with van der Waals surface area (Å²) in [6.45, 7) is 7.95. The summed E-state index contributed by atoms with van der Waals surface area (Å²) in [6, 6.07) is 0. The van der Waals surface area contributed by atoms with E-state index in [9.17, 15) is 19.2 Å². The highest BCUT2D eigenvalue weighted by Crippen LogP contribution is 2.16. The van der Waals surface area contributed by atoms with Crippen LogP contribution in [-0.4, -0.2) is 94.1 Å². The number of carboxylic acid groups (broad SMARTS) is 3. The number of carboxylic acids is 3. The number of rotatable bonds is 25. The van der Waals surface area contributed by atoms with Crippen molar-refractivity contribution in [2.45, 2.75) is 135 Å². The summed E-state index contributed by atoms with van der Waals surface area (Å²) in [5, 5.41) is 36.9. The molecule has 246 valence electrons. The number of aliphatic hydroxyl groups is 1. The van der Waals surface area contributed by atoms with Crippen LogP contribution in [0, 0.1) is 0 Å². The number of aliphatic carboxylic acids is 3. The van der Waals surface area contributed by atoms with E-state index in [1.54, 1.807) is 0 Å². The Morgan fingerprint density at radius 3 is 1.52 bits per heavy atom. The summed E-state index contributed by atoms with van der Waals surface area (Å²) in [5.74, 6) is -4.78. The van der Waals surface area contributed by atoms with Crippen LogP contribution in [0.5, 0.6) is 0 Å². The molecular formula is C31H58N2O9. The van der Waals surface area contributed by atoms with Crippen molar-refractivity contribution in [1.29, 1.82) is 0 Å². The van der Waals surface area contributed by atoms with Crippen LogP contribution in [0.4, 0.5) is 0 Å². The highest BCUT2D eigenvalue weighted by molar-refractivity contribution is 5.88. The maximum Gasteiger partial charge on any atom is 0.336 e. The maximum atomic E-state index is 11.9. The highest BCUT2D eigenvalue weighted by atomic mass is 16.5. The van der Waals surface area contributed by atoms with Crippen LogP contribution in [0.25, 0.3) is 0 Å². The minimum atomic E-state index is -2.74. The Hall–Kier alpha value is -2.24. The van der Waals surface area contributed by atoms with Gasteiger partial charge in [0, 0.05) is 26.1 Å². The Morgan fingerprint density at radius 1 is 0.690 bits per heavy atom. The molecule has 1 fully saturated rings. The largest absolute Gasteiger partial charge is 0.481 e. The van der Waals surface area contributed by atoms with Gasteiger partial charge in [0.1, 0.15) is 0 Å². The fourth-order valence-corrected chi connectivity index (χ4v) is 4.81. The summed E-state index contributed by atoms with van der Waals surface area (Å²) in [5.41, 5.74) is -2.74. The van der Waals surface area contributed by atoms with Gasteiger partial charge in [-0.05, 0) is 19.4 Å². The predicted octanol–water partition coefficient (Wildman–Crippen LogP) is 4.84. The third-order valence-corrected chi connectivity index (χ3v) is 7.37. The third kappa shape index (κ3) is 24.4. The van der Waals surface area contributed by atoms with Crippen LogP contribution in [-0.2, 0) is 23.9 Å². The second-order valence-corrected chi connectivity index (χ2v) is 11.3. The van der Waals surface area contributed by atoms with E-state index in [0.29, 0.717) is 6.42 Å². The normalized spacial score (nSPS) is 13.7. The summed E-state index contributed by atoms with van der Waals surface area (Å²) in [7, 11) is 0. The minimum Gasteiger partial charge on any atom is -0.481 e. The lowest BCUT2D eigenvalue weighted by atomic mass is 9.96. The molecule has 42 heavy (non-hydrogen) atoms. The molecular weight excluding hydrogens is 544 g/mol. The fourth-order valence-electron chi connectivity index (χ4n) is 4.81. The van der Waals surface area contributed by atoms with Crippen molar-refractivity contribution in [2.24, 2.45) is 0 Å². The molecule has 0 spiro atoms. The van der Waals surface area contributed by atoms with Crippen LogP contribution >= 0.6 is 0 Å². The van der Waals surface area contributed by atoms with Gasteiger partial charge in [-0.25, -0.2) is 4.79 Å². The van der Waals surface area contributed by atoms with Gasteiger partial charge in [0.15, 0.2) is 5.60 Å². The average Bonchev–Trinajstić information content (AvgIpc) is 2.93. The van der Waals surface area contributed by atoms with Gasteiger partial charge in [-0.15, -0.1) is 0 Å². The lowest BCUT2D eigenvalue weighted by Gasteiger charge is -2.26. The molecule has 0 aromatic carbocycles. The summed E-state index contributed by atoms with van der Waals surface area (Å²) >= 11 is 0. The van der Waals surface area contributed by atoms with Crippen LogP contribution in [0.15, 0.2) is 0 Å². The molecule has 5 N–H and O–H groups in total. The number of morpholine rings is 1. The third-order valence-electron chi connectivity index (χ3n) is 7.37. The molecule has 0 aromatic rings. The van der Waals surface area contributed by atoms with Gasteiger partial charge >= 0.3 is 17.9 Å². The van der Waals surface area contributed by atoms with E-state index in [4.69, 9.17) is 25.2 Å². The molecule has 11 nitrogen and oxygen atoms in total. The number of nitrogens with one attached hydrogen (secondary N) is 1. The minimum absolute atomic E-state index is 0.238. The first-order valence-electron chi connectivity index (χ1n) is 16.1. The molecule has 1 heterocycles. The molecule has 1 rings (SSSR count). The zero-order valence-electron chi connectivity index (χ0n) is 26.0. The summed E-state index contributed by atoms with van der Waals surface area (Å²) in [4.78, 5) is 44.8. The van der Waals surface area contributed by atoms with Gasteiger partial charge in [0.05, 0.1) is 26.1 Å². The molecule has 0 radical (unpaired) electrons. The molecule has 1 aliphatic rings. The molecule has 1 saturated heterocycles. The standard InChI is InChI=1S/C25H50N2O2.C6H8O7/c1-2-3-4-5-6-7-8-9-10-11-12-13-14-15-16-18-25(28)26-19-17-20-27-21-23-29-24-22-27;7-3(8)1-6(13,5(11)12)2-4(9)10/h2-24H2,1H3,(H,26,28);13H,1-2H2,(H,7,8)(H,9,10)(H,11,12). The molecule has 0 atom stereocenters. The smallest absolute Gasteiger partial charge is 0.336 e. The number of amides is 1. The van der Waals surface area contributed by atoms with E-state index in [0.717, 1.165) is 52.2 Å². The number of nitrogens with zero attached hydrogens (tertiary/aromatic N) is 1. The van der Waals surface area contributed by atoms with Crippen molar-refractivity contribution in [3.05, 3.63) is 0 Å². The number of ether oxygens (including phenoxy) is 1. The van der Waals surface area contributed by atoms with E-state index in [-0.39, 0.29) is 5.91 Å². The van der Waals surface area contributed by atoms with Crippen LogP contribution in [0.1, 0.15) is 129 Å². The van der Waals surface area contributed by atoms with Crippen LogP contribution in [0.2, 0.25) is 0 Å². The predicted molar refractivity (Wildman–Crippen MR) is 162 cm³/mol. The van der Waals surface area contributed by atoms with Crippen molar-refractivity contribution in [1.82, 2.24) is 10.2 Å². The summed E-state index contributed by atoms with van der Waals surface area (Å²) in [6.07, 6.45) is 20.0. The molecule has 0 bridgehead atoms. The number of carbonyl (C=O) groups excluding carboxylic acids is 1. The van der Waals surface area contributed by atoms with Gasteiger partial charge in [-0.2, -0.15) is 0 Å². The zero-order chi connectivity index (χ0) is 31.5. The molecule has 1 amide bonds. The first-order chi connectivity index (χ1) is 20.1. The molecule has 0 aromatic heterocycles. The van der Waals surface area contributed by atoms with Gasteiger partial charge in [-0.1, -0.05) is 96.8 Å². The molecule has 1 aliphatic heterocycles. The topological polar surface area (TPSA) is 174 Å². The SMILES string of the molecule is CCCCCCCCCCCCCCCCCC(=O)NCCCN1CCOCC1.O=C(O)CC(O)(CC(=O)O)C(=O)O. The highest BCUT2D eigenvalue weighted by Gasteiger charge is 2.40.